The van der Waals surface area contributed by atoms with Gasteiger partial charge in [-0.1, -0.05) is 12.1 Å². The summed E-state index contributed by atoms with van der Waals surface area (Å²) in [4.78, 5) is 19.0. The molecule has 3 rings (SSSR count). The summed E-state index contributed by atoms with van der Waals surface area (Å²) in [6.07, 6.45) is 1.90. The number of para-hydroxylation sites is 1. The van der Waals surface area contributed by atoms with Crippen LogP contribution in [-0.4, -0.2) is 73.2 Å². The van der Waals surface area contributed by atoms with Crippen LogP contribution < -0.4 is 4.90 Å². The molecule has 1 aromatic carbocycles. The van der Waals surface area contributed by atoms with Crippen LogP contribution in [0.3, 0.4) is 0 Å². The van der Waals surface area contributed by atoms with Crippen LogP contribution in [0.1, 0.15) is 23.2 Å². The van der Waals surface area contributed by atoms with Gasteiger partial charge in [-0.05, 0) is 39.1 Å². The van der Waals surface area contributed by atoms with E-state index >= 15 is 0 Å². The molecule has 0 aliphatic carbocycles. The van der Waals surface area contributed by atoms with Crippen molar-refractivity contribution in [2.24, 2.45) is 0 Å². The lowest BCUT2D eigenvalue weighted by molar-refractivity contribution is 0.0764. The Morgan fingerprint density at radius 3 is 2.50 bits per heavy atom. The zero-order chi connectivity index (χ0) is 15.7. The molecule has 2 atom stereocenters. The first-order valence-corrected chi connectivity index (χ1v) is 8.05. The van der Waals surface area contributed by atoms with Crippen LogP contribution in [0.25, 0.3) is 0 Å². The molecule has 1 N–H and O–H groups in total. The van der Waals surface area contributed by atoms with E-state index in [2.05, 4.69) is 4.90 Å². The molecule has 2 aliphatic heterocycles. The Morgan fingerprint density at radius 2 is 1.86 bits per heavy atom. The lowest BCUT2D eigenvalue weighted by Gasteiger charge is -2.24. The SMILES string of the molecule is CN(C)[C@H]1CN(C(=O)c2ccccc2N2CCCC2)C[C@@H]1O. The number of hydrogen-bond donors (Lipinski definition) is 1. The fourth-order valence-electron chi connectivity index (χ4n) is 3.50. The number of β-amino-alcohol motifs (C(OH)–C–C–N with tert-alkyl or cyclic N) is 1. The molecule has 22 heavy (non-hydrogen) atoms. The van der Waals surface area contributed by atoms with Crippen molar-refractivity contribution in [3.05, 3.63) is 29.8 Å². The van der Waals surface area contributed by atoms with Crippen LogP contribution in [0.15, 0.2) is 24.3 Å². The molecule has 0 bridgehead atoms. The van der Waals surface area contributed by atoms with Crippen molar-refractivity contribution < 1.29 is 9.90 Å². The largest absolute Gasteiger partial charge is 0.390 e. The van der Waals surface area contributed by atoms with Gasteiger partial charge in [0.25, 0.3) is 5.91 Å². The molecule has 1 aromatic rings. The Labute approximate surface area is 132 Å². The Kier molecular flexibility index (Phi) is 4.36. The van der Waals surface area contributed by atoms with Crippen LogP contribution in [0.2, 0.25) is 0 Å². The molecule has 2 saturated heterocycles. The molecule has 5 nitrogen and oxygen atoms in total. The van der Waals surface area contributed by atoms with Crippen LogP contribution in [0, 0.1) is 0 Å². The average molecular weight is 303 g/mol. The highest BCUT2D eigenvalue weighted by Crippen LogP contribution is 2.27. The molecular weight excluding hydrogens is 278 g/mol. The number of aliphatic hydroxyl groups is 1. The molecule has 0 spiro atoms. The van der Waals surface area contributed by atoms with Gasteiger partial charge in [-0.15, -0.1) is 0 Å². The molecule has 1 amide bonds. The van der Waals surface area contributed by atoms with Gasteiger partial charge in [0.2, 0.25) is 0 Å². The second kappa shape index (κ2) is 6.26. The fraction of sp³-hybridized carbons (Fsp3) is 0.588. The monoisotopic (exact) mass is 303 g/mol. The number of carbonyl (C=O) groups excluding carboxylic acids is 1. The first-order valence-electron chi connectivity index (χ1n) is 8.05. The molecular formula is C17H25N3O2. The minimum absolute atomic E-state index is 0.0166. The van der Waals surface area contributed by atoms with Gasteiger partial charge in [0.1, 0.15) is 0 Å². The quantitative estimate of drug-likeness (QED) is 0.906. The summed E-state index contributed by atoms with van der Waals surface area (Å²) >= 11 is 0. The molecule has 0 unspecified atom stereocenters. The van der Waals surface area contributed by atoms with Crippen LogP contribution in [0.4, 0.5) is 5.69 Å². The second-order valence-corrected chi connectivity index (χ2v) is 6.52. The smallest absolute Gasteiger partial charge is 0.256 e. The third-order valence-corrected chi connectivity index (χ3v) is 4.79. The van der Waals surface area contributed by atoms with E-state index in [9.17, 15) is 9.90 Å². The number of nitrogens with zero attached hydrogens (tertiary/aromatic N) is 3. The summed E-state index contributed by atoms with van der Waals surface area (Å²) in [5, 5.41) is 10.2. The third-order valence-electron chi connectivity index (χ3n) is 4.79. The second-order valence-electron chi connectivity index (χ2n) is 6.52. The van der Waals surface area contributed by atoms with Crippen molar-refractivity contribution in [1.82, 2.24) is 9.80 Å². The van der Waals surface area contributed by atoms with E-state index in [1.54, 1.807) is 4.90 Å². The van der Waals surface area contributed by atoms with Crippen LogP contribution in [0.5, 0.6) is 0 Å². The zero-order valence-electron chi connectivity index (χ0n) is 13.4. The number of rotatable bonds is 3. The highest BCUT2D eigenvalue weighted by molar-refractivity contribution is 6.00. The first kappa shape index (κ1) is 15.3. The Morgan fingerprint density at radius 1 is 1.18 bits per heavy atom. The predicted octanol–water partition coefficient (Wildman–Crippen LogP) is 1.03. The van der Waals surface area contributed by atoms with Crippen LogP contribution in [-0.2, 0) is 0 Å². The summed E-state index contributed by atoms with van der Waals surface area (Å²) in [7, 11) is 3.89. The maximum atomic E-state index is 12.9. The number of benzene rings is 1. The average Bonchev–Trinajstić information content (AvgIpc) is 3.15. The van der Waals surface area contributed by atoms with Gasteiger partial charge in [-0.3, -0.25) is 4.79 Å². The van der Waals surface area contributed by atoms with Crippen molar-refractivity contribution >= 4 is 11.6 Å². The standard InChI is InChI=1S/C17H25N3O2/c1-18(2)15-11-20(12-16(15)21)17(22)13-7-3-4-8-14(13)19-9-5-6-10-19/h3-4,7-8,15-16,21H,5-6,9-12H2,1-2H3/t15-,16-/m0/s1. The third kappa shape index (κ3) is 2.83. The van der Waals surface area contributed by atoms with Gasteiger partial charge in [-0.2, -0.15) is 0 Å². The van der Waals surface area contributed by atoms with E-state index in [0.717, 1.165) is 24.3 Å². The van der Waals surface area contributed by atoms with Crippen molar-refractivity contribution in [3.8, 4) is 0 Å². The van der Waals surface area contributed by atoms with Crippen molar-refractivity contribution in [2.45, 2.75) is 25.0 Å². The number of likely N-dealkylation sites (N-methyl/N-ethyl adjacent to an activating group) is 1. The molecule has 2 fully saturated rings. The Bertz CT molecular complexity index is 540. The van der Waals surface area contributed by atoms with Crippen molar-refractivity contribution in [1.29, 1.82) is 0 Å². The first-order chi connectivity index (χ1) is 10.6. The Hall–Kier alpha value is -1.59. The maximum absolute atomic E-state index is 12.9. The normalized spacial score (nSPS) is 25.3. The predicted molar refractivity (Wildman–Crippen MR) is 87.3 cm³/mol. The number of hydrogen-bond acceptors (Lipinski definition) is 4. The maximum Gasteiger partial charge on any atom is 0.256 e. The van der Waals surface area contributed by atoms with Gasteiger partial charge >= 0.3 is 0 Å². The number of aliphatic hydroxyl groups excluding tert-OH is 1. The van der Waals surface area contributed by atoms with Crippen molar-refractivity contribution in [2.75, 3.05) is 45.2 Å². The molecule has 0 radical (unpaired) electrons. The van der Waals surface area contributed by atoms with E-state index in [1.165, 1.54) is 12.8 Å². The minimum atomic E-state index is -0.474. The zero-order valence-corrected chi connectivity index (χ0v) is 13.4. The number of amides is 1. The number of likely N-dealkylation sites (tertiary alicyclic amines) is 1. The van der Waals surface area contributed by atoms with E-state index in [-0.39, 0.29) is 11.9 Å². The fourth-order valence-corrected chi connectivity index (χ4v) is 3.50. The summed E-state index contributed by atoms with van der Waals surface area (Å²) in [5.41, 5.74) is 1.80. The molecule has 2 aliphatic rings. The molecule has 2 heterocycles. The minimum Gasteiger partial charge on any atom is -0.390 e. The molecule has 120 valence electrons. The Balaban J connectivity index is 1.81. The summed E-state index contributed by atoms with van der Waals surface area (Å²) < 4.78 is 0. The van der Waals surface area contributed by atoms with Gasteiger partial charge < -0.3 is 19.8 Å². The van der Waals surface area contributed by atoms with E-state index in [0.29, 0.717) is 13.1 Å². The summed E-state index contributed by atoms with van der Waals surface area (Å²) in [6.45, 7) is 3.04. The van der Waals surface area contributed by atoms with Gasteiger partial charge in [0, 0.05) is 31.9 Å². The lowest BCUT2D eigenvalue weighted by atomic mass is 10.1. The van der Waals surface area contributed by atoms with Gasteiger partial charge in [0.15, 0.2) is 0 Å². The van der Waals surface area contributed by atoms with Crippen molar-refractivity contribution in [3.63, 3.8) is 0 Å². The molecule has 0 saturated carbocycles. The van der Waals surface area contributed by atoms with Gasteiger partial charge in [-0.25, -0.2) is 0 Å². The van der Waals surface area contributed by atoms with E-state index < -0.39 is 6.10 Å². The molecule has 0 aromatic heterocycles. The highest BCUT2D eigenvalue weighted by Gasteiger charge is 2.36. The number of anilines is 1. The molecule has 5 heteroatoms. The number of carbonyl (C=O) groups is 1. The van der Waals surface area contributed by atoms with Gasteiger partial charge in [0.05, 0.1) is 17.7 Å². The van der Waals surface area contributed by atoms with E-state index in [4.69, 9.17) is 0 Å². The van der Waals surface area contributed by atoms with E-state index in [1.807, 2.05) is 43.3 Å². The topological polar surface area (TPSA) is 47.0 Å². The summed E-state index contributed by atoms with van der Waals surface area (Å²) in [5.74, 6) is 0.0332. The lowest BCUT2D eigenvalue weighted by Crippen LogP contribution is -2.38. The summed E-state index contributed by atoms with van der Waals surface area (Å²) in [6, 6.07) is 7.87. The highest BCUT2D eigenvalue weighted by atomic mass is 16.3. The van der Waals surface area contributed by atoms with Crippen LogP contribution >= 0.6 is 0 Å².